The molecule has 150 valence electrons. The molecule has 5 nitrogen and oxygen atoms in total. The molecule has 0 spiro atoms. The number of aromatic carboxylic acids is 1. The minimum absolute atomic E-state index is 0.0800. The van der Waals surface area contributed by atoms with Crippen molar-refractivity contribution in [3.8, 4) is 11.3 Å². The van der Waals surface area contributed by atoms with Gasteiger partial charge in [0.15, 0.2) is 4.32 Å². The summed E-state index contributed by atoms with van der Waals surface area (Å²) in [5, 5.41) is 11.8. The summed E-state index contributed by atoms with van der Waals surface area (Å²) in [5.41, 5.74) is 1.02. The molecule has 30 heavy (non-hydrogen) atoms. The molecule has 0 saturated carbocycles. The fraction of sp³-hybridized carbons (Fsp3) is 0. The lowest BCUT2D eigenvalue weighted by atomic mass is 10.1. The summed E-state index contributed by atoms with van der Waals surface area (Å²) in [6.45, 7) is 0. The van der Waals surface area contributed by atoms with Crippen molar-refractivity contribution in [2.75, 3.05) is 4.90 Å². The third-order valence-corrected chi connectivity index (χ3v) is 6.13. The fourth-order valence-electron chi connectivity index (χ4n) is 2.83. The number of carboxylic acid groups (broad SMARTS) is 1. The molecular weight excluding hydrogens is 465 g/mol. The summed E-state index contributed by atoms with van der Waals surface area (Å²) < 4.78 is 6.17. The van der Waals surface area contributed by atoms with Crippen LogP contribution in [-0.2, 0) is 4.79 Å². The van der Waals surface area contributed by atoms with Gasteiger partial charge in [0.25, 0.3) is 5.91 Å². The number of amides is 1. The molecule has 0 N–H and O–H groups in total. The Kier molecular flexibility index (Phi) is 5.71. The second-order valence-electron chi connectivity index (χ2n) is 6.18. The van der Waals surface area contributed by atoms with E-state index in [9.17, 15) is 14.7 Å². The quantitative estimate of drug-likeness (QED) is 0.390. The van der Waals surface area contributed by atoms with Crippen molar-refractivity contribution in [3.05, 3.63) is 80.9 Å². The van der Waals surface area contributed by atoms with Gasteiger partial charge in [-0.05, 0) is 54.6 Å². The van der Waals surface area contributed by atoms with E-state index in [-0.39, 0.29) is 16.5 Å². The molecule has 1 saturated heterocycles. The number of hydrogen-bond acceptors (Lipinski definition) is 6. The van der Waals surface area contributed by atoms with Crippen LogP contribution < -0.4 is 10.0 Å². The molecule has 3 aromatic rings. The van der Waals surface area contributed by atoms with Crippen molar-refractivity contribution in [3.63, 3.8) is 0 Å². The zero-order valence-corrected chi connectivity index (χ0v) is 18.1. The molecule has 4 rings (SSSR count). The Balaban J connectivity index is 1.61. The second kappa shape index (κ2) is 8.28. The lowest BCUT2D eigenvalue weighted by Crippen LogP contribution is -2.27. The summed E-state index contributed by atoms with van der Waals surface area (Å²) in [5.74, 6) is -0.796. The Labute approximate surface area is 190 Å². The fourth-order valence-corrected chi connectivity index (χ4v) is 4.43. The average molecular weight is 475 g/mol. The number of carbonyl (C=O) groups is 2. The average Bonchev–Trinajstić information content (AvgIpc) is 3.28. The number of carboxylic acids is 1. The van der Waals surface area contributed by atoms with E-state index in [1.54, 1.807) is 48.5 Å². The number of benzene rings is 2. The predicted molar refractivity (Wildman–Crippen MR) is 121 cm³/mol. The number of anilines is 1. The van der Waals surface area contributed by atoms with Crippen LogP contribution in [0.3, 0.4) is 0 Å². The molecule has 1 aliphatic heterocycles. The highest BCUT2D eigenvalue weighted by atomic mass is 35.5. The van der Waals surface area contributed by atoms with Crippen LogP contribution in [0.15, 0.2) is 63.9 Å². The Morgan fingerprint density at radius 1 is 1.10 bits per heavy atom. The lowest BCUT2D eigenvalue weighted by molar-refractivity contribution is -0.255. The number of thioether (sulfide) groups is 1. The minimum atomic E-state index is -1.38. The van der Waals surface area contributed by atoms with Gasteiger partial charge in [0.2, 0.25) is 0 Å². The van der Waals surface area contributed by atoms with Gasteiger partial charge in [-0.3, -0.25) is 9.69 Å². The number of nitrogens with zero attached hydrogens (tertiary/aromatic N) is 1. The first kappa shape index (κ1) is 20.7. The molecule has 2 heterocycles. The van der Waals surface area contributed by atoms with Crippen LogP contribution in [0, 0.1) is 0 Å². The van der Waals surface area contributed by atoms with E-state index in [0.29, 0.717) is 37.0 Å². The van der Waals surface area contributed by atoms with Crippen LogP contribution in [0.2, 0.25) is 10.0 Å². The van der Waals surface area contributed by atoms with Crippen LogP contribution in [-0.4, -0.2) is 16.2 Å². The highest BCUT2D eigenvalue weighted by Crippen LogP contribution is 2.37. The first-order valence-electron chi connectivity index (χ1n) is 8.48. The van der Waals surface area contributed by atoms with Crippen molar-refractivity contribution < 1.29 is 19.1 Å². The van der Waals surface area contributed by atoms with Crippen molar-refractivity contribution in [1.29, 1.82) is 0 Å². The van der Waals surface area contributed by atoms with Crippen molar-refractivity contribution in [1.82, 2.24) is 0 Å². The van der Waals surface area contributed by atoms with Crippen molar-refractivity contribution in [2.45, 2.75) is 0 Å². The van der Waals surface area contributed by atoms with Crippen LogP contribution in [0.25, 0.3) is 17.4 Å². The molecule has 2 aromatic carbocycles. The Bertz CT molecular complexity index is 1220. The summed E-state index contributed by atoms with van der Waals surface area (Å²) in [6.07, 6.45) is 1.59. The maximum atomic E-state index is 12.8. The second-order valence-corrected chi connectivity index (χ2v) is 8.70. The van der Waals surface area contributed by atoms with Gasteiger partial charge >= 0.3 is 0 Å². The summed E-state index contributed by atoms with van der Waals surface area (Å²) in [4.78, 5) is 25.8. The van der Waals surface area contributed by atoms with Crippen LogP contribution in [0.4, 0.5) is 5.69 Å². The highest BCUT2D eigenvalue weighted by molar-refractivity contribution is 8.27. The zero-order valence-electron chi connectivity index (χ0n) is 14.9. The van der Waals surface area contributed by atoms with Crippen LogP contribution >= 0.6 is 47.2 Å². The van der Waals surface area contributed by atoms with E-state index in [1.807, 2.05) is 0 Å². The molecule has 1 amide bonds. The van der Waals surface area contributed by atoms with E-state index >= 15 is 0 Å². The van der Waals surface area contributed by atoms with Gasteiger partial charge < -0.3 is 14.3 Å². The smallest absolute Gasteiger partial charge is 0.270 e. The highest BCUT2D eigenvalue weighted by Gasteiger charge is 2.33. The maximum Gasteiger partial charge on any atom is 0.270 e. The standard InChI is InChI=1S/C21H11Cl2NO4S2/c22-12-2-4-13(5-3-12)24-19(25)18(30-21(24)29)10-14-6-8-17(28-14)11-1-7-16(23)15(9-11)20(26)27/h1-10H,(H,26,27)/p-1/b18-10+. The van der Waals surface area contributed by atoms with E-state index in [2.05, 4.69) is 0 Å². The largest absolute Gasteiger partial charge is 0.545 e. The molecule has 0 bridgehead atoms. The van der Waals surface area contributed by atoms with Crippen molar-refractivity contribution >= 4 is 75.1 Å². The van der Waals surface area contributed by atoms with Gasteiger partial charge in [-0.15, -0.1) is 0 Å². The third kappa shape index (κ3) is 4.02. The maximum absolute atomic E-state index is 12.8. The van der Waals surface area contributed by atoms with E-state index in [4.69, 9.17) is 39.8 Å². The Morgan fingerprint density at radius 3 is 2.53 bits per heavy atom. The number of halogens is 2. The number of furan rings is 1. The number of rotatable bonds is 4. The minimum Gasteiger partial charge on any atom is -0.545 e. The third-order valence-electron chi connectivity index (χ3n) is 4.25. The van der Waals surface area contributed by atoms with Crippen LogP contribution in [0.1, 0.15) is 16.1 Å². The number of hydrogen-bond donors (Lipinski definition) is 0. The summed E-state index contributed by atoms with van der Waals surface area (Å²) in [6, 6.07) is 14.6. The molecule has 0 radical (unpaired) electrons. The first-order chi connectivity index (χ1) is 14.3. The van der Waals surface area contributed by atoms with Gasteiger partial charge in [-0.1, -0.05) is 47.2 Å². The molecular formula is C21H10Cl2NO4S2-. The summed E-state index contributed by atoms with van der Waals surface area (Å²) in [7, 11) is 0. The van der Waals surface area contributed by atoms with E-state index < -0.39 is 5.97 Å². The number of carbonyl (C=O) groups excluding carboxylic acids is 2. The van der Waals surface area contributed by atoms with E-state index in [1.165, 1.54) is 17.0 Å². The molecule has 1 fully saturated rings. The molecule has 1 aliphatic rings. The molecule has 0 aliphatic carbocycles. The topological polar surface area (TPSA) is 73.6 Å². The molecule has 1 aromatic heterocycles. The predicted octanol–water partition coefficient (Wildman–Crippen LogP) is 5.02. The lowest BCUT2D eigenvalue weighted by Gasteiger charge is -2.14. The normalized spacial score (nSPS) is 15.3. The van der Waals surface area contributed by atoms with Gasteiger partial charge in [0.05, 0.1) is 16.6 Å². The first-order valence-corrected chi connectivity index (χ1v) is 10.5. The Morgan fingerprint density at radius 2 is 1.83 bits per heavy atom. The van der Waals surface area contributed by atoms with Crippen molar-refractivity contribution in [2.24, 2.45) is 0 Å². The SMILES string of the molecule is O=C([O-])c1cc(-c2ccc(/C=C3/SC(=S)N(c4ccc(Cl)cc4)C3=O)o2)ccc1Cl. The Hall–Kier alpha value is -2.58. The van der Waals surface area contributed by atoms with Gasteiger partial charge in [-0.2, -0.15) is 0 Å². The zero-order chi connectivity index (χ0) is 21.4. The molecule has 9 heteroatoms. The van der Waals surface area contributed by atoms with Gasteiger partial charge in [-0.25, -0.2) is 0 Å². The monoisotopic (exact) mass is 474 g/mol. The van der Waals surface area contributed by atoms with E-state index in [0.717, 1.165) is 11.8 Å². The van der Waals surface area contributed by atoms with Crippen LogP contribution in [0.5, 0.6) is 0 Å². The van der Waals surface area contributed by atoms with Gasteiger partial charge in [0, 0.05) is 27.2 Å². The molecule has 0 unspecified atom stereocenters. The molecule has 0 atom stereocenters. The van der Waals surface area contributed by atoms with Gasteiger partial charge in [0.1, 0.15) is 11.5 Å². The number of thiocarbonyl (C=S) groups is 1. The summed E-state index contributed by atoms with van der Waals surface area (Å²) >= 11 is 18.3.